The van der Waals surface area contributed by atoms with Crippen LogP contribution in [-0.2, 0) is 19.1 Å². The van der Waals surface area contributed by atoms with Gasteiger partial charge in [-0.2, -0.15) is 0 Å². The Labute approximate surface area is 177 Å². The average molecular weight is 411 g/mol. The summed E-state index contributed by atoms with van der Waals surface area (Å²) in [6.45, 7) is 6.16. The van der Waals surface area contributed by atoms with Gasteiger partial charge in [-0.05, 0) is 50.4 Å². The van der Waals surface area contributed by atoms with E-state index in [-0.39, 0.29) is 37.2 Å². The van der Waals surface area contributed by atoms with Crippen molar-refractivity contribution in [2.75, 3.05) is 33.4 Å². The van der Waals surface area contributed by atoms with Gasteiger partial charge in [-0.15, -0.1) is 0 Å². The first kappa shape index (κ1) is 24.1. The maximum atomic E-state index is 12.2. The van der Waals surface area contributed by atoms with E-state index < -0.39 is 0 Å². The monoisotopic (exact) mass is 410 g/mol. The van der Waals surface area contributed by atoms with Crippen LogP contribution in [0.4, 0.5) is 0 Å². The van der Waals surface area contributed by atoms with E-state index in [4.69, 9.17) is 9.47 Å². The molecule has 0 aliphatic heterocycles. The lowest BCUT2D eigenvalue weighted by Gasteiger charge is -2.27. The van der Waals surface area contributed by atoms with Crippen molar-refractivity contribution in [3.05, 3.63) is 0 Å². The molecule has 0 unspecified atom stereocenters. The van der Waals surface area contributed by atoms with Crippen LogP contribution in [0.15, 0.2) is 0 Å². The summed E-state index contributed by atoms with van der Waals surface area (Å²) in [5.41, 5.74) is 0. The Hall–Kier alpha value is -1.14. The van der Waals surface area contributed by atoms with Crippen molar-refractivity contribution < 1.29 is 19.1 Å². The number of rotatable bonds is 11. The first-order valence-electron chi connectivity index (χ1n) is 11.7. The second kappa shape index (κ2) is 13.2. The van der Waals surface area contributed by atoms with Gasteiger partial charge in [0.25, 0.3) is 0 Å². The predicted octanol–water partition coefficient (Wildman–Crippen LogP) is 3.53. The van der Waals surface area contributed by atoms with Gasteiger partial charge in [-0.1, -0.05) is 39.5 Å². The predicted molar refractivity (Wildman–Crippen MR) is 115 cm³/mol. The maximum absolute atomic E-state index is 12.2. The van der Waals surface area contributed by atoms with Gasteiger partial charge < -0.3 is 19.7 Å². The summed E-state index contributed by atoms with van der Waals surface area (Å²) < 4.78 is 11.6. The van der Waals surface area contributed by atoms with Crippen LogP contribution in [0.25, 0.3) is 0 Å². The van der Waals surface area contributed by atoms with Crippen LogP contribution in [0.1, 0.15) is 78.1 Å². The molecule has 0 aromatic rings. The van der Waals surface area contributed by atoms with Crippen LogP contribution < -0.4 is 5.32 Å². The van der Waals surface area contributed by atoms with Crippen molar-refractivity contribution in [2.24, 2.45) is 11.8 Å². The highest BCUT2D eigenvalue weighted by molar-refractivity contribution is 5.77. The summed E-state index contributed by atoms with van der Waals surface area (Å²) in [6.07, 6.45) is 11.4. The standard InChI is InChI=1S/C23H42N2O4/c1-18-8-6-10-20(14-18)28-16-22(26)24-12-4-5-13-25(3)23(27)17-29-21-11-7-9-19(2)15-21/h18-21H,4-17H2,1-3H3,(H,24,26)/t18-,19+,20+,21+/m1/s1. The molecule has 0 saturated heterocycles. The Morgan fingerprint density at radius 1 is 0.897 bits per heavy atom. The Bertz CT molecular complexity index is 499. The van der Waals surface area contributed by atoms with Crippen molar-refractivity contribution >= 4 is 11.8 Å². The van der Waals surface area contributed by atoms with Crippen LogP contribution >= 0.6 is 0 Å². The Morgan fingerprint density at radius 3 is 2.07 bits per heavy atom. The normalized spacial score (nSPS) is 27.4. The lowest BCUT2D eigenvalue weighted by atomic mass is 9.89. The molecule has 4 atom stereocenters. The first-order valence-corrected chi connectivity index (χ1v) is 11.7. The highest BCUT2D eigenvalue weighted by Crippen LogP contribution is 2.26. The number of ether oxygens (including phenoxy) is 2. The quantitative estimate of drug-likeness (QED) is 0.529. The fourth-order valence-electron chi connectivity index (χ4n) is 4.43. The van der Waals surface area contributed by atoms with E-state index in [0.717, 1.165) is 38.5 Å². The van der Waals surface area contributed by atoms with Crippen LogP contribution in [0.5, 0.6) is 0 Å². The fourth-order valence-corrected chi connectivity index (χ4v) is 4.43. The molecular weight excluding hydrogens is 368 g/mol. The van der Waals surface area contributed by atoms with Crippen molar-refractivity contribution in [3.8, 4) is 0 Å². The minimum atomic E-state index is -0.0391. The molecule has 2 saturated carbocycles. The Morgan fingerprint density at radius 2 is 1.48 bits per heavy atom. The molecule has 0 radical (unpaired) electrons. The molecule has 2 aliphatic rings. The van der Waals surface area contributed by atoms with Crippen LogP contribution in [-0.4, -0.2) is 62.3 Å². The number of hydrogen-bond acceptors (Lipinski definition) is 4. The minimum absolute atomic E-state index is 0.0391. The summed E-state index contributed by atoms with van der Waals surface area (Å²) >= 11 is 0. The smallest absolute Gasteiger partial charge is 0.248 e. The van der Waals surface area contributed by atoms with Gasteiger partial charge in [0, 0.05) is 20.1 Å². The van der Waals surface area contributed by atoms with Crippen LogP contribution in [0, 0.1) is 11.8 Å². The molecule has 0 heterocycles. The van der Waals surface area contributed by atoms with E-state index >= 15 is 0 Å². The zero-order valence-corrected chi connectivity index (χ0v) is 18.8. The number of unbranched alkanes of at least 4 members (excludes halogenated alkanes) is 1. The number of likely N-dealkylation sites (N-methyl/N-ethyl adjacent to an activating group) is 1. The van der Waals surface area contributed by atoms with Gasteiger partial charge in [0.15, 0.2) is 0 Å². The van der Waals surface area contributed by atoms with Crippen molar-refractivity contribution in [1.82, 2.24) is 10.2 Å². The summed E-state index contributed by atoms with van der Waals surface area (Å²) in [5, 5.41) is 2.92. The summed E-state index contributed by atoms with van der Waals surface area (Å²) in [4.78, 5) is 25.9. The molecule has 168 valence electrons. The number of carbonyl (C=O) groups is 2. The fraction of sp³-hybridized carbons (Fsp3) is 0.913. The van der Waals surface area contributed by atoms with Gasteiger partial charge in [-0.3, -0.25) is 9.59 Å². The Kier molecular flexibility index (Phi) is 11.0. The zero-order valence-electron chi connectivity index (χ0n) is 18.8. The minimum Gasteiger partial charge on any atom is -0.368 e. The van der Waals surface area contributed by atoms with Gasteiger partial charge >= 0.3 is 0 Å². The van der Waals surface area contributed by atoms with Crippen molar-refractivity contribution in [3.63, 3.8) is 0 Å². The second-order valence-electron chi connectivity index (χ2n) is 9.28. The molecule has 1 N–H and O–H groups in total. The first-order chi connectivity index (χ1) is 13.9. The number of hydrogen-bond donors (Lipinski definition) is 1. The number of carbonyl (C=O) groups excluding carboxylic acids is 2. The highest BCUT2D eigenvalue weighted by Gasteiger charge is 2.21. The van der Waals surface area contributed by atoms with Crippen LogP contribution in [0.2, 0.25) is 0 Å². The molecule has 6 nitrogen and oxygen atoms in total. The molecule has 6 heteroatoms. The summed E-state index contributed by atoms with van der Waals surface area (Å²) in [7, 11) is 1.83. The third kappa shape index (κ3) is 9.94. The average Bonchev–Trinajstić information content (AvgIpc) is 2.70. The summed E-state index contributed by atoms with van der Waals surface area (Å²) in [6, 6.07) is 0. The molecule has 2 aliphatic carbocycles. The lowest BCUT2D eigenvalue weighted by molar-refractivity contribution is -0.138. The molecule has 29 heavy (non-hydrogen) atoms. The largest absolute Gasteiger partial charge is 0.368 e. The number of amides is 2. The third-order valence-corrected chi connectivity index (χ3v) is 6.34. The molecule has 2 fully saturated rings. The van der Waals surface area contributed by atoms with E-state index in [1.54, 1.807) is 4.90 Å². The van der Waals surface area contributed by atoms with E-state index in [9.17, 15) is 9.59 Å². The Balaban J connectivity index is 1.46. The molecule has 0 bridgehead atoms. The number of nitrogens with one attached hydrogen (secondary N) is 1. The SMILES string of the molecule is C[C@@H]1CCC[C@H](OCC(=O)NCCCCN(C)C(=O)CO[C@H]2CCC[C@H](C)C2)C1. The molecule has 0 aromatic heterocycles. The second-order valence-corrected chi connectivity index (χ2v) is 9.28. The van der Waals surface area contributed by atoms with Crippen molar-refractivity contribution in [1.29, 1.82) is 0 Å². The van der Waals surface area contributed by atoms with E-state index in [1.165, 1.54) is 25.7 Å². The topological polar surface area (TPSA) is 67.9 Å². The number of nitrogens with zero attached hydrogens (tertiary/aromatic N) is 1. The molecule has 0 spiro atoms. The van der Waals surface area contributed by atoms with E-state index in [0.29, 0.717) is 24.9 Å². The summed E-state index contributed by atoms with van der Waals surface area (Å²) in [5.74, 6) is 1.41. The van der Waals surface area contributed by atoms with Crippen LogP contribution in [0.3, 0.4) is 0 Å². The zero-order chi connectivity index (χ0) is 21.1. The van der Waals surface area contributed by atoms with Gasteiger partial charge in [0.2, 0.25) is 11.8 Å². The maximum Gasteiger partial charge on any atom is 0.248 e. The van der Waals surface area contributed by atoms with Gasteiger partial charge in [0.05, 0.1) is 12.2 Å². The van der Waals surface area contributed by atoms with Gasteiger partial charge in [-0.25, -0.2) is 0 Å². The highest BCUT2D eigenvalue weighted by atomic mass is 16.5. The molecule has 0 aromatic carbocycles. The van der Waals surface area contributed by atoms with E-state index in [1.807, 2.05) is 7.05 Å². The lowest BCUT2D eigenvalue weighted by Crippen LogP contribution is -2.34. The van der Waals surface area contributed by atoms with Gasteiger partial charge in [0.1, 0.15) is 13.2 Å². The van der Waals surface area contributed by atoms with E-state index in [2.05, 4.69) is 19.2 Å². The molecule has 2 amide bonds. The molecular formula is C23H42N2O4. The molecule has 2 rings (SSSR count). The van der Waals surface area contributed by atoms with Crippen molar-refractivity contribution in [2.45, 2.75) is 90.3 Å². The third-order valence-electron chi connectivity index (χ3n) is 6.34.